The summed E-state index contributed by atoms with van der Waals surface area (Å²) in [6, 6.07) is 0. The van der Waals surface area contributed by atoms with E-state index in [4.69, 9.17) is 11.6 Å². The van der Waals surface area contributed by atoms with Crippen molar-refractivity contribution in [2.24, 2.45) is 0 Å². The Balaban J connectivity index is 2.86. The molecule has 1 unspecified atom stereocenters. The molecule has 0 amide bonds. The van der Waals surface area contributed by atoms with Crippen molar-refractivity contribution < 1.29 is 5.11 Å². The van der Waals surface area contributed by atoms with Gasteiger partial charge in [0, 0.05) is 10.9 Å². The molecular weight excluding hydrogens is 354 g/mol. The second kappa shape index (κ2) is 4.26. The lowest BCUT2D eigenvalue weighted by atomic mass is 9.95. The van der Waals surface area contributed by atoms with E-state index in [0.717, 1.165) is 4.48 Å². The van der Waals surface area contributed by atoms with Crippen LogP contribution in [0.1, 0.15) is 6.42 Å². The van der Waals surface area contributed by atoms with Gasteiger partial charge in [0.05, 0.1) is 5.03 Å². The molecule has 0 radical (unpaired) electrons. The Morgan fingerprint density at radius 2 is 2.50 bits per heavy atom. The van der Waals surface area contributed by atoms with Gasteiger partial charge in [-0.3, -0.25) is 0 Å². The number of rotatable bonds is 1. The number of hydrogen-bond acceptors (Lipinski definition) is 1. The van der Waals surface area contributed by atoms with Crippen LogP contribution in [0, 0.1) is 0 Å². The Bertz CT molecular complexity index is 272. The maximum Gasteiger partial charge on any atom is 0.122 e. The van der Waals surface area contributed by atoms with Crippen LogP contribution in [0.25, 0.3) is 0 Å². The van der Waals surface area contributed by atoms with Gasteiger partial charge < -0.3 is 5.11 Å². The second-order valence-corrected chi connectivity index (χ2v) is 4.45. The number of halogens is 3. The summed E-state index contributed by atoms with van der Waals surface area (Å²) < 4.78 is 2.65. The highest BCUT2D eigenvalue weighted by atomic mass is 127. The summed E-state index contributed by atoms with van der Waals surface area (Å²) in [5, 5.41) is 10.4. The monoisotopic (exact) mass is 360 g/mol. The third kappa shape index (κ3) is 2.34. The first-order chi connectivity index (χ1) is 5.58. The van der Waals surface area contributed by atoms with Gasteiger partial charge in [0.2, 0.25) is 0 Å². The van der Waals surface area contributed by atoms with E-state index in [1.807, 2.05) is 28.7 Å². The predicted octanol–water partition coefficient (Wildman–Crippen LogP) is 3.47. The smallest absolute Gasteiger partial charge is 0.122 e. The topological polar surface area (TPSA) is 20.2 Å². The van der Waals surface area contributed by atoms with Crippen molar-refractivity contribution in [1.29, 1.82) is 0 Å². The van der Waals surface area contributed by atoms with Crippen molar-refractivity contribution in [2.45, 2.75) is 12.0 Å². The van der Waals surface area contributed by atoms with Crippen LogP contribution in [-0.4, -0.2) is 10.7 Å². The average molecular weight is 361 g/mol. The molecular formula is C8H7BrClIO. The first-order valence-corrected chi connectivity index (χ1v) is 5.74. The molecule has 0 saturated carbocycles. The molecule has 0 aromatic heterocycles. The van der Waals surface area contributed by atoms with Crippen molar-refractivity contribution >= 4 is 50.1 Å². The zero-order chi connectivity index (χ0) is 9.19. The normalized spacial score (nSPS) is 30.3. The van der Waals surface area contributed by atoms with Gasteiger partial charge in [0.15, 0.2) is 0 Å². The first kappa shape index (κ1) is 10.8. The van der Waals surface area contributed by atoms with Gasteiger partial charge in [0.1, 0.15) is 5.60 Å². The van der Waals surface area contributed by atoms with Gasteiger partial charge >= 0.3 is 0 Å². The van der Waals surface area contributed by atoms with E-state index in [1.165, 1.54) is 0 Å². The molecule has 0 saturated heterocycles. The van der Waals surface area contributed by atoms with E-state index < -0.39 is 5.60 Å². The Labute approximate surface area is 98.4 Å². The molecule has 0 bridgehead atoms. The third-order valence-electron chi connectivity index (χ3n) is 1.64. The zero-order valence-electron chi connectivity index (χ0n) is 6.10. The largest absolute Gasteiger partial charge is 0.380 e. The molecule has 4 heteroatoms. The van der Waals surface area contributed by atoms with Gasteiger partial charge in [-0.2, -0.15) is 0 Å². The minimum Gasteiger partial charge on any atom is -0.380 e. The Morgan fingerprint density at radius 3 is 2.92 bits per heavy atom. The van der Waals surface area contributed by atoms with Gasteiger partial charge in [-0.1, -0.05) is 56.2 Å². The third-order valence-corrected chi connectivity index (χ3v) is 3.65. The molecule has 1 rings (SSSR count). The molecule has 12 heavy (non-hydrogen) atoms. The molecule has 0 aromatic carbocycles. The lowest BCUT2D eigenvalue weighted by molar-refractivity contribution is 0.140. The first-order valence-electron chi connectivity index (χ1n) is 3.32. The van der Waals surface area contributed by atoms with E-state index >= 15 is 0 Å². The van der Waals surface area contributed by atoms with E-state index in [2.05, 4.69) is 15.9 Å². The number of allylic oxidation sites excluding steroid dienone is 2. The highest BCUT2D eigenvalue weighted by molar-refractivity contribution is 14.1. The van der Waals surface area contributed by atoms with Gasteiger partial charge in [0.25, 0.3) is 0 Å². The fourth-order valence-electron chi connectivity index (χ4n) is 0.878. The lowest BCUT2D eigenvalue weighted by Gasteiger charge is -2.24. The molecule has 1 nitrogen and oxygen atoms in total. The summed E-state index contributed by atoms with van der Waals surface area (Å²) in [5.74, 6) is 0. The molecule has 1 aliphatic rings. The van der Waals surface area contributed by atoms with Crippen LogP contribution in [0.4, 0.5) is 0 Å². The molecule has 0 heterocycles. The zero-order valence-corrected chi connectivity index (χ0v) is 10.6. The summed E-state index contributed by atoms with van der Waals surface area (Å²) in [6.45, 7) is 0. The standard InChI is InChI=1S/C8H7BrClIO/c9-6-1-3-8(12,4-2-6)7(10)5-11/h1-3,5,12H,4H2/b7-5+. The average Bonchev–Trinajstić information content (AvgIpc) is 2.09. The second-order valence-electron chi connectivity index (χ2n) is 2.51. The molecule has 1 atom stereocenters. The summed E-state index contributed by atoms with van der Waals surface area (Å²) in [5.41, 5.74) is -1.000. The maximum atomic E-state index is 9.90. The fourth-order valence-corrected chi connectivity index (χ4v) is 1.85. The van der Waals surface area contributed by atoms with Crippen molar-refractivity contribution in [2.75, 3.05) is 0 Å². The van der Waals surface area contributed by atoms with Crippen molar-refractivity contribution in [1.82, 2.24) is 0 Å². The van der Waals surface area contributed by atoms with Crippen LogP contribution < -0.4 is 0 Å². The van der Waals surface area contributed by atoms with Crippen LogP contribution in [0.15, 0.2) is 31.8 Å². The van der Waals surface area contributed by atoms with Crippen LogP contribution in [-0.2, 0) is 0 Å². The predicted molar refractivity (Wildman–Crippen MR) is 63.7 cm³/mol. The highest BCUT2D eigenvalue weighted by Gasteiger charge is 2.27. The molecule has 0 fully saturated rings. The van der Waals surface area contributed by atoms with Gasteiger partial charge in [-0.15, -0.1) is 0 Å². The van der Waals surface area contributed by atoms with E-state index in [0.29, 0.717) is 11.5 Å². The van der Waals surface area contributed by atoms with Crippen LogP contribution in [0.2, 0.25) is 0 Å². The van der Waals surface area contributed by atoms with Crippen molar-refractivity contribution in [3.05, 3.63) is 31.8 Å². The minimum absolute atomic E-state index is 0.454. The molecule has 0 aliphatic heterocycles. The SMILES string of the molecule is OC1(/C(Cl)=C\I)C=CC(Br)=CC1. The maximum absolute atomic E-state index is 9.90. The fraction of sp³-hybridized carbons (Fsp3) is 0.250. The van der Waals surface area contributed by atoms with Gasteiger partial charge in [-0.05, 0) is 16.2 Å². The van der Waals surface area contributed by atoms with Crippen molar-refractivity contribution in [3.8, 4) is 0 Å². The van der Waals surface area contributed by atoms with Crippen LogP contribution in [0.5, 0.6) is 0 Å². The van der Waals surface area contributed by atoms with E-state index in [9.17, 15) is 5.11 Å². The molecule has 1 N–H and O–H groups in total. The van der Waals surface area contributed by atoms with Gasteiger partial charge in [-0.25, -0.2) is 0 Å². The lowest BCUT2D eigenvalue weighted by Crippen LogP contribution is -2.26. The number of aliphatic hydroxyl groups is 1. The molecule has 66 valence electrons. The van der Waals surface area contributed by atoms with Crippen molar-refractivity contribution in [3.63, 3.8) is 0 Å². The quantitative estimate of drug-likeness (QED) is 0.709. The molecule has 1 aliphatic carbocycles. The van der Waals surface area contributed by atoms with E-state index in [-0.39, 0.29) is 0 Å². The minimum atomic E-state index is -1.000. The molecule has 0 aromatic rings. The summed E-state index contributed by atoms with van der Waals surface area (Å²) >= 11 is 11.2. The highest BCUT2D eigenvalue weighted by Crippen LogP contribution is 2.32. The number of hydrogen-bond donors (Lipinski definition) is 1. The Morgan fingerprint density at radius 1 is 1.83 bits per heavy atom. The summed E-state index contributed by atoms with van der Waals surface area (Å²) in [4.78, 5) is 0. The Kier molecular flexibility index (Phi) is 3.82. The summed E-state index contributed by atoms with van der Waals surface area (Å²) in [7, 11) is 0. The van der Waals surface area contributed by atoms with E-state index in [1.54, 1.807) is 16.2 Å². The molecule has 0 spiro atoms. The van der Waals surface area contributed by atoms with Crippen LogP contribution >= 0.6 is 50.1 Å². The Hall–Kier alpha value is 0.680. The van der Waals surface area contributed by atoms with Crippen LogP contribution in [0.3, 0.4) is 0 Å². The summed E-state index contributed by atoms with van der Waals surface area (Å²) in [6.07, 6.45) is 5.89.